The van der Waals surface area contributed by atoms with Crippen LogP contribution >= 0.6 is 11.3 Å². The number of sulfonamides is 1. The van der Waals surface area contributed by atoms with Crippen molar-refractivity contribution in [1.29, 1.82) is 0 Å². The lowest BCUT2D eigenvalue weighted by Gasteiger charge is -2.29. The lowest BCUT2D eigenvalue weighted by atomic mass is 9.84. The summed E-state index contributed by atoms with van der Waals surface area (Å²) in [7, 11) is -3.55. The van der Waals surface area contributed by atoms with E-state index >= 15 is 0 Å². The Balaban J connectivity index is 1.52. The quantitative estimate of drug-likeness (QED) is 0.872. The van der Waals surface area contributed by atoms with Gasteiger partial charge in [0.15, 0.2) is 0 Å². The summed E-state index contributed by atoms with van der Waals surface area (Å²) >= 11 is 1.52. The lowest BCUT2D eigenvalue weighted by Crippen LogP contribution is -2.37. The number of anilines is 1. The van der Waals surface area contributed by atoms with E-state index < -0.39 is 10.0 Å². The fraction of sp³-hybridized carbons (Fsp3) is 0.389. The van der Waals surface area contributed by atoms with Gasteiger partial charge in [0.05, 0.1) is 4.90 Å². The van der Waals surface area contributed by atoms with E-state index in [2.05, 4.69) is 4.72 Å². The summed E-state index contributed by atoms with van der Waals surface area (Å²) < 4.78 is 27.7. The molecule has 4 rings (SSSR count). The van der Waals surface area contributed by atoms with E-state index in [-0.39, 0.29) is 16.7 Å². The first-order chi connectivity index (χ1) is 12.0. The van der Waals surface area contributed by atoms with Gasteiger partial charge in [0.25, 0.3) is 0 Å². The second kappa shape index (κ2) is 6.55. The smallest absolute Gasteiger partial charge is 0.240 e. The summed E-state index contributed by atoms with van der Waals surface area (Å²) in [6.45, 7) is 0.945. The van der Waals surface area contributed by atoms with Crippen molar-refractivity contribution in [2.75, 3.05) is 11.4 Å². The fourth-order valence-electron chi connectivity index (χ4n) is 3.31. The molecule has 5 nitrogen and oxygen atoms in total. The Hall–Kier alpha value is -1.70. The molecule has 1 amide bonds. The molecule has 1 N–H and O–H groups in total. The lowest BCUT2D eigenvalue weighted by molar-refractivity contribution is -0.124. The van der Waals surface area contributed by atoms with Gasteiger partial charge in [0.2, 0.25) is 15.9 Å². The number of hydrogen-bond donors (Lipinski definition) is 1. The van der Waals surface area contributed by atoms with E-state index in [0.29, 0.717) is 19.5 Å². The van der Waals surface area contributed by atoms with Gasteiger partial charge in [-0.25, -0.2) is 13.1 Å². The van der Waals surface area contributed by atoms with Crippen molar-refractivity contribution in [3.8, 4) is 0 Å². The largest absolute Gasteiger partial charge is 0.312 e. The molecule has 2 heterocycles. The van der Waals surface area contributed by atoms with Gasteiger partial charge in [-0.15, -0.1) is 11.3 Å². The number of fused-ring (bicyclic) bond motifs is 1. The first kappa shape index (κ1) is 16.8. The Morgan fingerprint density at radius 1 is 1.28 bits per heavy atom. The van der Waals surface area contributed by atoms with Crippen molar-refractivity contribution < 1.29 is 13.2 Å². The van der Waals surface area contributed by atoms with Crippen molar-refractivity contribution in [3.63, 3.8) is 0 Å². The molecule has 0 spiro atoms. The van der Waals surface area contributed by atoms with Crippen molar-refractivity contribution in [1.82, 2.24) is 4.72 Å². The van der Waals surface area contributed by atoms with Gasteiger partial charge in [0.1, 0.15) is 0 Å². The van der Waals surface area contributed by atoms with Crippen LogP contribution < -0.4 is 9.62 Å². The molecule has 0 bridgehead atoms. The third kappa shape index (κ3) is 3.23. The van der Waals surface area contributed by atoms with Crippen LogP contribution in [0.1, 0.15) is 29.7 Å². The molecule has 0 radical (unpaired) electrons. The zero-order valence-electron chi connectivity index (χ0n) is 13.8. The number of carbonyl (C=O) groups is 1. The highest BCUT2D eigenvalue weighted by Crippen LogP contribution is 2.35. The third-order valence-electron chi connectivity index (χ3n) is 4.99. The molecule has 25 heavy (non-hydrogen) atoms. The third-order valence-corrected chi connectivity index (χ3v) is 7.27. The standard InChI is InChI=1S/C18H20N2O3S2/c21-18(13-3-1-4-13)20-9-8-14-11-16(6-7-17(14)20)25(22,23)19-12-15-5-2-10-24-15/h2,5-7,10-11,13,19H,1,3-4,8-9,12H2. The van der Waals surface area contributed by atoms with E-state index in [1.165, 1.54) is 11.3 Å². The number of amides is 1. The van der Waals surface area contributed by atoms with Crippen LogP contribution in [-0.4, -0.2) is 20.9 Å². The fourth-order valence-corrected chi connectivity index (χ4v) is 5.11. The van der Waals surface area contributed by atoms with Gasteiger partial charge in [-0.3, -0.25) is 4.79 Å². The van der Waals surface area contributed by atoms with E-state index in [1.54, 1.807) is 18.2 Å². The molecular formula is C18H20N2O3S2. The first-order valence-corrected chi connectivity index (χ1v) is 10.9. The van der Waals surface area contributed by atoms with Crippen molar-refractivity contribution in [2.45, 2.75) is 37.1 Å². The summed E-state index contributed by atoms with van der Waals surface area (Å²) in [5.74, 6) is 0.346. The Bertz CT molecular complexity index is 887. The molecule has 1 aromatic heterocycles. The molecule has 1 aromatic carbocycles. The predicted octanol–water partition coefficient (Wildman–Crippen LogP) is 2.92. The number of benzene rings is 1. The average molecular weight is 377 g/mol. The van der Waals surface area contributed by atoms with E-state index in [9.17, 15) is 13.2 Å². The summed E-state index contributed by atoms with van der Waals surface area (Å²) in [6.07, 6.45) is 3.79. The molecule has 0 unspecified atom stereocenters. The van der Waals surface area contributed by atoms with Gasteiger partial charge in [-0.05, 0) is 54.5 Å². The topological polar surface area (TPSA) is 66.5 Å². The molecule has 1 fully saturated rings. The van der Waals surface area contributed by atoms with Gasteiger partial charge in [-0.2, -0.15) is 0 Å². The number of nitrogens with one attached hydrogen (secondary N) is 1. The number of carbonyl (C=O) groups excluding carboxylic acids is 1. The predicted molar refractivity (Wildman–Crippen MR) is 98.2 cm³/mol. The van der Waals surface area contributed by atoms with Crippen LogP contribution in [0.25, 0.3) is 0 Å². The normalized spacial score (nSPS) is 17.4. The molecule has 1 saturated carbocycles. The second-order valence-corrected chi connectivity index (χ2v) is 9.36. The SMILES string of the molecule is O=C(C1CCC1)N1CCc2cc(S(=O)(=O)NCc3cccs3)ccc21. The maximum atomic E-state index is 12.5. The maximum Gasteiger partial charge on any atom is 0.240 e. The minimum absolute atomic E-state index is 0.154. The van der Waals surface area contributed by atoms with Crippen LogP contribution in [0.15, 0.2) is 40.6 Å². The molecule has 1 aliphatic heterocycles. The van der Waals surface area contributed by atoms with Crippen LogP contribution in [0.3, 0.4) is 0 Å². The van der Waals surface area contributed by atoms with Crippen LogP contribution in [0.2, 0.25) is 0 Å². The minimum Gasteiger partial charge on any atom is -0.312 e. The number of thiophene rings is 1. The van der Waals surface area contributed by atoms with Crippen LogP contribution in [0, 0.1) is 5.92 Å². The average Bonchev–Trinajstić information content (AvgIpc) is 3.20. The van der Waals surface area contributed by atoms with Crippen molar-refractivity contribution in [3.05, 3.63) is 46.2 Å². The van der Waals surface area contributed by atoms with Gasteiger partial charge in [0, 0.05) is 29.6 Å². The van der Waals surface area contributed by atoms with E-state index in [1.807, 2.05) is 22.4 Å². The molecule has 2 aromatic rings. The Morgan fingerprint density at radius 2 is 2.12 bits per heavy atom. The molecule has 2 aliphatic rings. The minimum atomic E-state index is -3.55. The van der Waals surface area contributed by atoms with Crippen molar-refractivity contribution in [2.24, 2.45) is 5.92 Å². The number of hydrogen-bond acceptors (Lipinski definition) is 4. The Labute approximate surface area is 151 Å². The zero-order valence-corrected chi connectivity index (χ0v) is 15.4. The summed E-state index contributed by atoms with van der Waals surface area (Å²) in [4.78, 5) is 15.6. The van der Waals surface area contributed by atoms with Gasteiger partial charge < -0.3 is 4.90 Å². The number of nitrogens with zero attached hydrogens (tertiary/aromatic N) is 1. The molecule has 0 saturated heterocycles. The number of rotatable bonds is 5. The molecule has 0 atom stereocenters. The highest BCUT2D eigenvalue weighted by molar-refractivity contribution is 7.89. The highest BCUT2D eigenvalue weighted by atomic mass is 32.2. The molecule has 132 valence electrons. The van der Waals surface area contributed by atoms with Crippen LogP contribution in [0.4, 0.5) is 5.69 Å². The maximum absolute atomic E-state index is 12.5. The molecule has 7 heteroatoms. The molecule has 1 aliphatic carbocycles. The highest BCUT2D eigenvalue weighted by Gasteiger charge is 2.33. The Morgan fingerprint density at radius 3 is 2.80 bits per heavy atom. The van der Waals surface area contributed by atoms with Crippen molar-refractivity contribution >= 4 is 33.0 Å². The summed E-state index contributed by atoms with van der Waals surface area (Å²) in [6, 6.07) is 8.89. The summed E-state index contributed by atoms with van der Waals surface area (Å²) in [5, 5.41) is 1.92. The van der Waals surface area contributed by atoms with E-state index in [0.717, 1.165) is 35.4 Å². The molecular weight excluding hydrogens is 356 g/mol. The van der Waals surface area contributed by atoms with Crippen LogP contribution in [-0.2, 0) is 27.8 Å². The Kier molecular flexibility index (Phi) is 4.39. The van der Waals surface area contributed by atoms with Gasteiger partial charge >= 0.3 is 0 Å². The monoisotopic (exact) mass is 376 g/mol. The summed E-state index contributed by atoms with van der Waals surface area (Å²) in [5.41, 5.74) is 1.81. The zero-order chi connectivity index (χ0) is 17.4. The van der Waals surface area contributed by atoms with E-state index in [4.69, 9.17) is 0 Å². The van der Waals surface area contributed by atoms with Crippen LogP contribution in [0.5, 0.6) is 0 Å². The first-order valence-electron chi connectivity index (χ1n) is 8.51. The second-order valence-electron chi connectivity index (χ2n) is 6.56. The van der Waals surface area contributed by atoms with Gasteiger partial charge in [-0.1, -0.05) is 12.5 Å².